The van der Waals surface area contributed by atoms with Crippen LogP contribution in [0.1, 0.15) is 114 Å². The third-order valence-electron chi connectivity index (χ3n) is 12.8. The van der Waals surface area contributed by atoms with Crippen molar-refractivity contribution in [1.29, 1.82) is 0 Å². The number of carbonyl (C=O) groups is 3. The number of ketones is 1. The normalized spacial score (nSPS) is 39.5. The van der Waals surface area contributed by atoms with Gasteiger partial charge in [0.25, 0.3) is 5.67 Å². The highest BCUT2D eigenvalue weighted by Crippen LogP contribution is 2.41. The van der Waals surface area contributed by atoms with Crippen molar-refractivity contribution in [2.45, 2.75) is 174 Å². The maximum absolute atomic E-state index is 17.0. The van der Waals surface area contributed by atoms with E-state index in [4.69, 9.17) is 23.7 Å². The number of allylic oxidation sites excluding steroid dienone is 2. The lowest BCUT2D eigenvalue weighted by molar-refractivity contribution is -0.299. The molecule has 1 aromatic carbocycles. The van der Waals surface area contributed by atoms with E-state index in [0.29, 0.717) is 18.6 Å². The molecular formula is C47H71FN2O10. The molecule has 3 aliphatic heterocycles. The number of ether oxygens (including phenoxy) is 5. The van der Waals surface area contributed by atoms with Crippen molar-refractivity contribution in [2.24, 2.45) is 22.7 Å². The molecular weight excluding hydrogens is 772 g/mol. The molecule has 12 nitrogen and oxygen atoms in total. The largest absolute Gasteiger partial charge is 0.457 e. The molecule has 1 amide bonds. The highest BCUT2D eigenvalue weighted by molar-refractivity contribution is 6.08. The monoisotopic (exact) mass is 843 g/mol. The molecule has 3 fully saturated rings. The molecule has 0 unspecified atom stereocenters. The van der Waals surface area contributed by atoms with Crippen molar-refractivity contribution in [3.63, 3.8) is 0 Å². The van der Waals surface area contributed by atoms with Crippen LogP contribution in [0.2, 0.25) is 0 Å². The van der Waals surface area contributed by atoms with Crippen molar-refractivity contribution in [3.05, 3.63) is 53.6 Å². The highest BCUT2D eigenvalue weighted by Gasteiger charge is 2.56. The lowest BCUT2D eigenvalue weighted by atomic mass is 9.73. The maximum Gasteiger partial charge on any atom is 0.351 e. The number of aliphatic imine (C=N–C) groups is 1. The van der Waals surface area contributed by atoms with Gasteiger partial charge in [0, 0.05) is 36.1 Å². The van der Waals surface area contributed by atoms with Crippen LogP contribution < -0.4 is 0 Å². The fraction of sp³-hybridized carbons (Fsp3) is 0.702. The van der Waals surface area contributed by atoms with E-state index in [1.54, 1.807) is 20.8 Å². The summed E-state index contributed by atoms with van der Waals surface area (Å²) in [5, 5.41) is 24.4. The number of cyclic esters (lactones) is 1. The molecule has 0 spiro atoms. The van der Waals surface area contributed by atoms with Crippen LogP contribution in [0.3, 0.4) is 0 Å². The first-order valence-corrected chi connectivity index (χ1v) is 21.5. The number of aliphatic hydroxyl groups is 2. The topological polar surface area (TPSA) is 153 Å². The van der Waals surface area contributed by atoms with Crippen LogP contribution in [-0.2, 0) is 38.1 Å². The molecule has 3 saturated heterocycles. The number of esters is 1. The van der Waals surface area contributed by atoms with Gasteiger partial charge in [-0.05, 0) is 98.3 Å². The summed E-state index contributed by atoms with van der Waals surface area (Å²) in [6.45, 7) is 20.3. The van der Waals surface area contributed by atoms with Crippen molar-refractivity contribution >= 4 is 29.4 Å². The Kier molecular flexibility index (Phi) is 16.4. The number of likely N-dealkylation sites (N-methyl/N-ethyl adjacent to an activating group) is 1. The van der Waals surface area contributed by atoms with Crippen LogP contribution in [0.4, 0.5) is 4.39 Å². The number of carbonyl (C=O) groups excluding carboxylic acids is 3. The third-order valence-corrected chi connectivity index (χ3v) is 12.8. The van der Waals surface area contributed by atoms with Crippen molar-refractivity contribution in [3.8, 4) is 0 Å². The number of Topliss-reactive ketones (excluding diaryl/α,β-unsaturated/α-hetero) is 1. The van der Waals surface area contributed by atoms with E-state index in [-0.39, 0.29) is 37.7 Å². The molecule has 13 heteroatoms. The minimum Gasteiger partial charge on any atom is -0.457 e. The average Bonchev–Trinajstić information content (AvgIpc) is 3.17. The number of aliphatic hydroxyl groups excluding tert-OH is 1. The van der Waals surface area contributed by atoms with Crippen LogP contribution >= 0.6 is 0 Å². The van der Waals surface area contributed by atoms with Gasteiger partial charge in [-0.1, -0.05) is 76.3 Å². The van der Waals surface area contributed by atoms with Crippen molar-refractivity contribution in [2.75, 3.05) is 20.3 Å². The molecule has 3 heterocycles. The summed E-state index contributed by atoms with van der Waals surface area (Å²) < 4.78 is 49.4. The number of fused-ring (bicyclic) bond motifs is 5. The summed E-state index contributed by atoms with van der Waals surface area (Å²) >= 11 is 0. The number of hydrogen-bond donors (Lipinski definition) is 2. The smallest absolute Gasteiger partial charge is 0.351 e. The third kappa shape index (κ3) is 11.4. The quantitative estimate of drug-likeness (QED) is 0.229. The zero-order valence-corrected chi connectivity index (χ0v) is 38.1. The Bertz CT molecular complexity index is 1740. The number of hydrogen-bond acceptors (Lipinski definition) is 11. The molecule has 4 rings (SSSR count). The van der Waals surface area contributed by atoms with Gasteiger partial charge in [0.2, 0.25) is 5.91 Å². The van der Waals surface area contributed by atoms with Crippen molar-refractivity contribution < 1.29 is 52.7 Å². The van der Waals surface area contributed by atoms with Gasteiger partial charge in [-0.3, -0.25) is 14.5 Å². The standard InChI is InChI=1S/C47H71FN2O10/c1-14-36-47(12,55)41-30(4)37(49-32(6)51)28(2)26-45(10,57-27-34(23-24-56-41)22-18-21-33-19-16-15-17-20-33)40(31(5)39(53)46(11,48)43(54)59-36)60-42-38(52)35(25-29(3)58-42)50(13)44(7,8)9/h15-22,28-31,35-36,38,40-42,52,55H,14,23-27H2,1-13H3/b21-18+,34-22+,49-37?/t28-,29-,30+,31+,35+,36-,38-,40-,41-,42+,45-,46+,47-/m1/s1. The highest BCUT2D eigenvalue weighted by atomic mass is 19.1. The van der Waals surface area contributed by atoms with E-state index < -0.39 is 89.0 Å². The Morgan fingerprint density at radius 3 is 2.33 bits per heavy atom. The Hall–Kier alpha value is -3.17. The Morgan fingerprint density at radius 1 is 1.08 bits per heavy atom. The average molecular weight is 843 g/mol. The summed E-state index contributed by atoms with van der Waals surface area (Å²) in [6.07, 6.45) is 0.113. The summed E-state index contributed by atoms with van der Waals surface area (Å²) in [6, 6.07) is 9.38. The molecule has 336 valence electrons. The first-order chi connectivity index (χ1) is 27.8. The van der Waals surface area contributed by atoms with E-state index in [0.717, 1.165) is 18.1 Å². The zero-order chi connectivity index (χ0) is 45.0. The van der Waals surface area contributed by atoms with Gasteiger partial charge in [-0.15, -0.1) is 0 Å². The lowest BCUT2D eigenvalue weighted by Crippen LogP contribution is -2.63. The molecule has 0 aliphatic carbocycles. The predicted octanol–water partition coefficient (Wildman–Crippen LogP) is 6.84. The molecule has 60 heavy (non-hydrogen) atoms. The fourth-order valence-corrected chi connectivity index (χ4v) is 9.09. The van der Waals surface area contributed by atoms with E-state index in [2.05, 4.69) is 9.89 Å². The molecule has 3 aliphatic rings. The van der Waals surface area contributed by atoms with Crippen LogP contribution in [0, 0.1) is 17.8 Å². The summed E-state index contributed by atoms with van der Waals surface area (Å²) in [5.74, 6) is -5.79. The van der Waals surface area contributed by atoms with Crippen LogP contribution in [0.5, 0.6) is 0 Å². The van der Waals surface area contributed by atoms with Gasteiger partial charge >= 0.3 is 5.97 Å². The first-order valence-electron chi connectivity index (χ1n) is 21.5. The lowest BCUT2D eigenvalue weighted by Gasteiger charge is -2.50. The maximum atomic E-state index is 17.0. The number of benzene rings is 1. The fourth-order valence-electron chi connectivity index (χ4n) is 9.09. The molecule has 0 aromatic heterocycles. The van der Waals surface area contributed by atoms with Gasteiger partial charge in [0.05, 0.1) is 37.1 Å². The molecule has 0 radical (unpaired) electrons. The second-order valence-corrected chi connectivity index (χ2v) is 18.8. The summed E-state index contributed by atoms with van der Waals surface area (Å²) in [4.78, 5) is 47.9. The van der Waals surface area contributed by atoms with Crippen molar-refractivity contribution in [1.82, 2.24) is 4.90 Å². The van der Waals surface area contributed by atoms with E-state index >= 15 is 4.39 Å². The minimum atomic E-state index is -3.19. The van der Waals surface area contributed by atoms with Gasteiger partial charge in [0.1, 0.15) is 17.8 Å². The van der Waals surface area contributed by atoms with E-state index in [1.165, 1.54) is 20.8 Å². The molecule has 2 N–H and O–H groups in total. The Morgan fingerprint density at radius 2 is 1.73 bits per heavy atom. The second kappa shape index (κ2) is 19.9. The Balaban J connectivity index is 1.99. The summed E-state index contributed by atoms with van der Waals surface area (Å²) in [7, 11) is 1.92. The minimum absolute atomic E-state index is 0.00860. The first kappa shape index (κ1) is 49.5. The Labute approximate surface area is 356 Å². The van der Waals surface area contributed by atoms with Gasteiger partial charge in [0.15, 0.2) is 12.1 Å². The summed E-state index contributed by atoms with van der Waals surface area (Å²) in [5.41, 5.74) is -4.77. The van der Waals surface area contributed by atoms with Crippen LogP contribution in [0.25, 0.3) is 6.08 Å². The van der Waals surface area contributed by atoms with Gasteiger partial charge in [-0.25, -0.2) is 14.2 Å². The number of amides is 1. The van der Waals surface area contributed by atoms with Crippen LogP contribution in [-0.4, -0.2) is 124 Å². The van der Waals surface area contributed by atoms with E-state index in [9.17, 15) is 24.6 Å². The SMILES string of the molecule is CC[C@H]1OC(=O)[C@@](C)(F)C(=O)[C@H](C)[C@@H](O[C@@H]2O[C@H](C)C[C@H](N(C)C(C)(C)C)[C@H]2O)[C@@]2(C)C[C@@H](C)C(=NC(C)=O)[C@H](C)[C@@H](OCC/C(=C\C=C\c3ccccc3)CO2)[C@]1(C)O. The van der Waals surface area contributed by atoms with E-state index in [1.807, 2.05) is 90.2 Å². The van der Waals surface area contributed by atoms with Crippen LogP contribution in [0.15, 0.2) is 53.0 Å². The molecule has 13 atom stereocenters. The molecule has 1 aromatic rings. The number of nitrogens with zero attached hydrogens (tertiary/aromatic N) is 2. The number of rotatable bonds is 6. The number of halogens is 1. The molecule has 0 saturated carbocycles. The van der Waals surface area contributed by atoms with Gasteiger partial charge < -0.3 is 33.9 Å². The number of alkyl halides is 1. The molecule has 2 bridgehead atoms. The van der Waals surface area contributed by atoms with Gasteiger partial charge in [-0.2, -0.15) is 0 Å². The predicted molar refractivity (Wildman–Crippen MR) is 229 cm³/mol. The second-order valence-electron chi connectivity index (χ2n) is 18.8. The zero-order valence-electron chi connectivity index (χ0n) is 38.1.